The lowest BCUT2D eigenvalue weighted by Gasteiger charge is -2.39. The van der Waals surface area contributed by atoms with Gasteiger partial charge in [-0.3, -0.25) is 9.69 Å². The Morgan fingerprint density at radius 2 is 1.88 bits per heavy atom. The van der Waals surface area contributed by atoms with Crippen molar-refractivity contribution in [3.63, 3.8) is 0 Å². The number of aromatic hydroxyl groups is 1. The minimum atomic E-state index is 0.128. The molecule has 132 valence electrons. The smallest absolute Gasteiger partial charge is 0.225 e. The molecule has 1 amide bonds. The van der Waals surface area contributed by atoms with Crippen molar-refractivity contribution in [2.75, 3.05) is 26.2 Å². The Morgan fingerprint density at radius 3 is 2.50 bits per heavy atom. The van der Waals surface area contributed by atoms with Crippen molar-refractivity contribution in [2.45, 2.75) is 45.4 Å². The molecule has 1 aromatic carbocycles. The van der Waals surface area contributed by atoms with E-state index in [4.69, 9.17) is 4.74 Å². The molecule has 0 aromatic heterocycles. The summed E-state index contributed by atoms with van der Waals surface area (Å²) >= 11 is 0. The van der Waals surface area contributed by atoms with Gasteiger partial charge in [-0.05, 0) is 57.5 Å². The Hall–Kier alpha value is -1.59. The van der Waals surface area contributed by atoms with Gasteiger partial charge in [-0.15, -0.1) is 0 Å². The van der Waals surface area contributed by atoms with Gasteiger partial charge in [-0.25, -0.2) is 0 Å². The van der Waals surface area contributed by atoms with Crippen molar-refractivity contribution < 1.29 is 14.6 Å². The highest BCUT2D eigenvalue weighted by Crippen LogP contribution is 2.23. The van der Waals surface area contributed by atoms with Gasteiger partial charge in [0.05, 0.1) is 12.2 Å². The highest BCUT2D eigenvalue weighted by molar-refractivity contribution is 5.79. The summed E-state index contributed by atoms with van der Waals surface area (Å²) in [7, 11) is 0. The zero-order chi connectivity index (χ0) is 17.1. The molecule has 0 unspecified atom stereocenters. The molecule has 3 rings (SSSR count). The Morgan fingerprint density at radius 1 is 1.21 bits per heavy atom. The number of ether oxygens (including phenoxy) is 1. The van der Waals surface area contributed by atoms with Crippen molar-refractivity contribution in [1.29, 1.82) is 0 Å². The molecule has 2 aliphatic heterocycles. The lowest BCUT2D eigenvalue weighted by molar-refractivity contribution is -0.148. The lowest BCUT2D eigenvalue weighted by atomic mass is 9.94. The fraction of sp³-hybridized carbons (Fsp3) is 0.632. The van der Waals surface area contributed by atoms with Crippen LogP contribution in [0.15, 0.2) is 24.3 Å². The van der Waals surface area contributed by atoms with Crippen LogP contribution in [-0.4, -0.2) is 59.2 Å². The summed E-state index contributed by atoms with van der Waals surface area (Å²) in [5, 5.41) is 9.57. The van der Waals surface area contributed by atoms with E-state index in [-0.39, 0.29) is 18.1 Å². The Labute approximate surface area is 144 Å². The van der Waals surface area contributed by atoms with Crippen LogP contribution in [0.25, 0.3) is 0 Å². The van der Waals surface area contributed by atoms with E-state index in [1.165, 1.54) is 0 Å². The number of hydrogen-bond acceptors (Lipinski definition) is 4. The van der Waals surface area contributed by atoms with Gasteiger partial charge in [0.2, 0.25) is 5.91 Å². The van der Waals surface area contributed by atoms with Crippen LogP contribution in [-0.2, 0) is 16.1 Å². The second kappa shape index (κ2) is 7.53. The van der Waals surface area contributed by atoms with Gasteiger partial charge in [0.1, 0.15) is 5.75 Å². The van der Waals surface area contributed by atoms with E-state index in [2.05, 4.69) is 4.90 Å². The number of hydrogen-bond donors (Lipinski definition) is 1. The molecule has 2 fully saturated rings. The Bertz CT molecular complexity index is 559. The zero-order valence-corrected chi connectivity index (χ0v) is 14.6. The summed E-state index contributed by atoms with van der Waals surface area (Å²) in [5.74, 6) is 0.755. The molecule has 0 spiro atoms. The number of morpholine rings is 1. The minimum absolute atomic E-state index is 0.128. The number of carbonyl (C=O) groups is 1. The Kier molecular flexibility index (Phi) is 5.41. The summed E-state index contributed by atoms with van der Waals surface area (Å²) < 4.78 is 5.72. The molecule has 2 atom stereocenters. The number of likely N-dealkylation sites (tertiary alicyclic amines) is 1. The molecule has 0 saturated carbocycles. The summed E-state index contributed by atoms with van der Waals surface area (Å²) in [6.45, 7) is 8.20. The number of phenols is 1. The van der Waals surface area contributed by atoms with E-state index in [9.17, 15) is 9.90 Å². The van der Waals surface area contributed by atoms with Crippen LogP contribution in [0.4, 0.5) is 0 Å². The topological polar surface area (TPSA) is 53.0 Å². The van der Waals surface area contributed by atoms with Crippen molar-refractivity contribution in [1.82, 2.24) is 9.80 Å². The first kappa shape index (κ1) is 17.2. The van der Waals surface area contributed by atoms with E-state index in [1.54, 1.807) is 6.07 Å². The molecule has 2 heterocycles. The predicted octanol–water partition coefficient (Wildman–Crippen LogP) is 2.24. The largest absolute Gasteiger partial charge is 0.508 e. The quantitative estimate of drug-likeness (QED) is 0.922. The SMILES string of the molecule is C[C@@H]1CN(C(=O)C2CCN(Cc3cccc(O)c3)CC2)C[C@H](C)O1. The van der Waals surface area contributed by atoms with Crippen molar-refractivity contribution in [2.24, 2.45) is 5.92 Å². The van der Waals surface area contributed by atoms with Crippen molar-refractivity contribution in [3.05, 3.63) is 29.8 Å². The van der Waals surface area contributed by atoms with E-state index in [0.717, 1.165) is 38.0 Å². The first-order valence-corrected chi connectivity index (χ1v) is 8.96. The number of piperidine rings is 1. The van der Waals surface area contributed by atoms with Gasteiger partial charge >= 0.3 is 0 Å². The first-order valence-electron chi connectivity index (χ1n) is 8.96. The molecular weight excluding hydrogens is 304 g/mol. The highest BCUT2D eigenvalue weighted by Gasteiger charge is 2.32. The van der Waals surface area contributed by atoms with Crippen LogP contribution in [0.2, 0.25) is 0 Å². The summed E-state index contributed by atoms with van der Waals surface area (Å²) in [6.07, 6.45) is 2.09. The molecule has 1 aromatic rings. The van der Waals surface area contributed by atoms with Crippen LogP contribution in [0.1, 0.15) is 32.3 Å². The third-order valence-electron chi connectivity index (χ3n) is 4.98. The van der Waals surface area contributed by atoms with Gasteiger partial charge < -0.3 is 14.7 Å². The molecular formula is C19H28N2O3. The number of nitrogens with zero attached hydrogens (tertiary/aromatic N) is 2. The number of benzene rings is 1. The monoisotopic (exact) mass is 332 g/mol. The minimum Gasteiger partial charge on any atom is -0.508 e. The van der Waals surface area contributed by atoms with Crippen LogP contribution in [0.5, 0.6) is 5.75 Å². The average molecular weight is 332 g/mol. The van der Waals surface area contributed by atoms with Gasteiger partial charge in [-0.2, -0.15) is 0 Å². The number of rotatable bonds is 3. The molecule has 2 aliphatic rings. The van der Waals surface area contributed by atoms with E-state index < -0.39 is 0 Å². The lowest BCUT2D eigenvalue weighted by Crippen LogP contribution is -2.51. The fourth-order valence-electron chi connectivity index (χ4n) is 3.87. The van der Waals surface area contributed by atoms with E-state index in [0.29, 0.717) is 24.7 Å². The molecule has 1 N–H and O–H groups in total. The van der Waals surface area contributed by atoms with Crippen LogP contribution in [0.3, 0.4) is 0 Å². The van der Waals surface area contributed by atoms with E-state index >= 15 is 0 Å². The standard InChI is InChI=1S/C19H28N2O3/c1-14-11-21(12-15(2)24-14)19(23)17-6-8-20(9-7-17)13-16-4-3-5-18(22)10-16/h3-5,10,14-15,17,22H,6-9,11-13H2,1-2H3/t14-,15+. The summed E-state index contributed by atoms with van der Waals surface area (Å²) in [5.41, 5.74) is 1.12. The van der Waals surface area contributed by atoms with Gasteiger partial charge in [0, 0.05) is 25.6 Å². The average Bonchev–Trinajstić information content (AvgIpc) is 2.54. The molecule has 0 radical (unpaired) electrons. The molecule has 24 heavy (non-hydrogen) atoms. The zero-order valence-electron chi connectivity index (χ0n) is 14.6. The third kappa shape index (κ3) is 4.28. The summed E-state index contributed by atoms with van der Waals surface area (Å²) in [4.78, 5) is 17.1. The third-order valence-corrected chi connectivity index (χ3v) is 4.98. The number of phenolic OH excluding ortho intramolecular Hbond substituents is 1. The van der Waals surface area contributed by atoms with Gasteiger partial charge in [0.25, 0.3) is 0 Å². The second-order valence-electron chi connectivity index (χ2n) is 7.22. The van der Waals surface area contributed by atoms with Crippen LogP contribution < -0.4 is 0 Å². The maximum Gasteiger partial charge on any atom is 0.225 e. The maximum absolute atomic E-state index is 12.8. The van der Waals surface area contributed by atoms with Crippen molar-refractivity contribution >= 4 is 5.91 Å². The van der Waals surface area contributed by atoms with Gasteiger partial charge in [-0.1, -0.05) is 12.1 Å². The number of amides is 1. The van der Waals surface area contributed by atoms with E-state index in [1.807, 2.05) is 36.9 Å². The molecule has 0 bridgehead atoms. The molecule has 5 heteroatoms. The summed E-state index contributed by atoms with van der Waals surface area (Å²) in [6, 6.07) is 7.42. The fourth-order valence-corrected chi connectivity index (χ4v) is 3.87. The van der Waals surface area contributed by atoms with Crippen molar-refractivity contribution in [3.8, 4) is 5.75 Å². The molecule has 2 saturated heterocycles. The Balaban J connectivity index is 1.50. The highest BCUT2D eigenvalue weighted by atomic mass is 16.5. The molecule has 5 nitrogen and oxygen atoms in total. The number of carbonyl (C=O) groups excluding carboxylic acids is 1. The second-order valence-corrected chi connectivity index (χ2v) is 7.22. The maximum atomic E-state index is 12.8. The predicted molar refractivity (Wildman–Crippen MR) is 92.7 cm³/mol. The van der Waals surface area contributed by atoms with Gasteiger partial charge in [0.15, 0.2) is 0 Å². The first-order chi connectivity index (χ1) is 11.5. The normalized spacial score (nSPS) is 26.5. The van der Waals surface area contributed by atoms with Crippen LogP contribution >= 0.6 is 0 Å². The molecule has 0 aliphatic carbocycles. The van der Waals surface area contributed by atoms with Crippen LogP contribution in [0, 0.1) is 5.92 Å².